The summed E-state index contributed by atoms with van der Waals surface area (Å²) in [5.41, 5.74) is -0.0128. The maximum Gasteiger partial charge on any atom is 0.329 e. The summed E-state index contributed by atoms with van der Waals surface area (Å²) in [4.78, 5) is 11.4. The van der Waals surface area contributed by atoms with Gasteiger partial charge in [0, 0.05) is 4.47 Å². The second-order valence-electron chi connectivity index (χ2n) is 4.68. The van der Waals surface area contributed by atoms with Gasteiger partial charge in [-0.25, -0.2) is 4.79 Å². The van der Waals surface area contributed by atoms with Gasteiger partial charge in [0.2, 0.25) is 0 Å². The van der Waals surface area contributed by atoms with E-state index in [2.05, 4.69) is 27.3 Å². The molecule has 1 aliphatic carbocycles. The van der Waals surface area contributed by atoms with E-state index in [0.717, 1.165) is 12.8 Å². The molecular formula is C13H13BrN2O2. The summed E-state index contributed by atoms with van der Waals surface area (Å²) in [6.45, 7) is 1.68. The van der Waals surface area contributed by atoms with Crippen LogP contribution >= 0.6 is 15.9 Å². The number of hydrogen-bond acceptors (Lipinski definition) is 3. The Morgan fingerprint density at radius 2 is 2.28 bits per heavy atom. The van der Waals surface area contributed by atoms with Gasteiger partial charge in [-0.15, -0.1) is 0 Å². The van der Waals surface area contributed by atoms with Crippen LogP contribution in [0.25, 0.3) is 0 Å². The van der Waals surface area contributed by atoms with Gasteiger partial charge in [0.1, 0.15) is 11.6 Å². The highest BCUT2D eigenvalue weighted by molar-refractivity contribution is 9.10. The predicted molar refractivity (Wildman–Crippen MR) is 71.2 cm³/mol. The molecule has 1 aromatic rings. The molecule has 2 rings (SSSR count). The number of carboxylic acids is 1. The number of benzene rings is 1. The topological polar surface area (TPSA) is 73.1 Å². The van der Waals surface area contributed by atoms with E-state index in [1.54, 1.807) is 25.1 Å². The molecular weight excluding hydrogens is 296 g/mol. The minimum atomic E-state index is -1.01. The molecule has 18 heavy (non-hydrogen) atoms. The Balaban J connectivity index is 2.36. The minimum Gasteiger partial charge on any atom is -0.480 e. The van der Waals surface area contributed by atoms with E-state index >= 15 is 0 Å². The first-order chi connectivity index (χ1) is 8.49. The van der Waals surface area contributed by atoms with Crippen molar-refractivity contribution in [3.8, 4) is 6.07 Å². The Kier molecular flexibility index (Phi) is 3.31. The standard InChI is InChI=1S/C13H13BrN2O2/c1-13(12(17)18,8-5-6-8)16-11-4-2-3-10(14)9(11)7-15/h2-4,8,16H,5-6H2,1H3,(H,17,18). The number of carbonyl (C=O) groups is 1. The van der Waals surface area contributed by atoms with E-state index in [9.17, 15) is 9.90 Å². The number of nitrogens with zero attached hydrogens (tertiary/aromatic N) is 1. The minimum absolute atomic E-state index is 0.125. The summed E-state index contributed by atoms with van der Waals surface area (Å²) in [6.07, 6.45) is 1.82. The van der Waals surface area contributed by atoms with Gasteiger partial charge in [-0.1, -0.05) is 6.07 Å². The average molecular weight is 309 g/mol. The summed E-state index contributed by atoms with van der Waals surface area (Å²) in [5, 5.41) is 21.5. The Bertz CT molecular complexity index is 534. The van der Waals surface area contributed by atoms with Crippen LogP contribution in [0.5, 0.6) is 0 Å². The lowest BCUT2D eigenvalue weighted by Gasteiger charge is -2.28. The molecule has 0 heterocycles. The molecule has 94 valence electrons. The fourth-order valence-corrected chi connectivity index (χ4v) is 2.47. The molecule has 4 nitrogen and oxygen atoms in total. The lowest BCUT2D eigenvalue weighted by molar-refractivity contribution is -0.142. The highest BCUT2D eigenvalue weighted by atomic mass is 79.9. The number of hydrogen-bond donors (Lipinski definition) is 2. The zero-order chi connectivity index (χ0) is 13.3. The number of nitriles is 1. The molecule has 1 atom stereocenters. The lowest BCUT2D eigenvalue weighted by Crippen LogP contribution is -2.45. The quantitative estimate of drug-likeness (QED) is 0.897. The van der Waals surface area contributed by atoms with Crippen molar-refractivity contribution in [2.75, 3.05) is 5.32 Å². The molecule has 0 aliphatic heterocycles. The number of aliphatic carboxylic acids is 1. The second kappa shape index (κ2) is 4.62. The van der Waals surface area contributed by atoms with Crippen molar-refractivity contribution in [1.29, 1.82) is 5.26 Å². The Morgan fingerprint density at radius 3 is 2.78 bits per heavy atom. The number of halogens is 1. The molecule has 1 unspecified atom stereocenters. The fraction of sp³-hybridized carbons (Fsp3) is 0.385. The van der Waals surface area contributed by atoms with Crippen LogP contribution in [-0.2, 0) is 4.79 Å². The highest BCUT2D eigenvalue weighted by Crippen LogP contribution is 2.42. The largest absolute Gasteiger partial charge is 0.480 e. The average Bonchev–Trinajstić information content (AvgIpc) is 3.13. The number of nitrogens with one attached hydrogen (secondary N) is 1. The molecule has 2 N–H and O–H groups in total. The molecule has 0 bridgehead atoms. The van der Waals surface area contributed by atoms with Gasteiger partial charge in [-0.2, -0.15) is 5.26 Å². The SMILES string of the molecule is CC(Nc1cccc(Br)c1C#N)(C(=O)O)C1CC1. The smallest absolute Gasteiger partial charge is 0.329 e. The van der Waals surface area contributed by atoms with Gasteiger partial charge in [-0.05, 0) is 53.7 Å². The number of rotatable bonds is 4. The molecule has 1 fully saturated rings. The van der Waals surface area contributed by atoms with Gasteiger partial charge in [-0.3, -0.25) is 0 Å². The van der Waals surface area contributed by atoms with Crippen molar-refractivity contribution in [3.63, 3.8) is 0 Å². The van der Waals surface area contributed by atoms with Crippen LogP contribution in [0.4, 0.5) is 5.69 Å². The van der Waals surface area contributed by atoms with Crippen molar-refractivity contribution in [2.24, 2.45) is 5.92 Å². The molecule has 0 radical (unpaired) electrons. The summed E-state index contributed by atoms with van der Waals surface area (Å²) in [7, 11) is 0. The Morgan fingerprint density at radius 1 is 1.61 bits per heavy atom. The first-order valence-corrected chi connectivity index (χ1v) is 6.48. The van der Waals surface area contributed by atoms with Gasteiger partial charge in [0.15, 0.2) is 0 Å². The number of anilines is 1. The van der Waals surface area contributed by atoms with Gasteiger partial charge >= 0.3 is 5.97 Å². The van der Waals surface area contributed by atoms with E-state index in [4.69, 9.17) is 5.26 Å². The first kappa shape index (κ1) is 12.9. The molecule has 1 aliphatic rings. The number of carboxylic acid groups (broad SMARTS) is 1. The van der Waals surface area contributed by atoms with Gasteiger partial charge in [0.25, 0.3) is 0 Å². The van der Waals surface area contributed by atoms with Crippen LogP contribution in [0.15, 0.2) is 22.7 Å². The molecule has 0 saturated heterocycles. The van der Waals surface area contributed by atoms with Crippen LogP contribution in [0.3, 0.4) is 0 Å². The maximum atomic E-state index is 11.4. The monoisotopic (exact) mass is 308 g/mol. The van der Waals surface area contributed by atoms with Crippen LogP contribution in [0.1, 0.15) is 25.3 Å². The van der Waals surface area contributed by atoms with E-state index in [0.29, 0.717) is 15.7 Å². The molecule has 5 heteroatoms. The fourth-order valence-electron chi connectivity index (χ4n) is 2.01. The summed E-state index contributed by atoms with van der Waals surface area (Å²) in [5.74, 6) is -0.755. The lowest BCUT2D eigenvalue weighted by atomic mass is 9.95. The third-order valence-corrected chi connectivity index (χ3v) is 4.02. The molecule has 0 amide bonds. The Hall–Kier alpha value is -1.54. The summed E-state index contributed by atoms with van der Waals surface area (Å²) < 4.78 is 0.665. The van der Waals surface area contributed by atoms with Crippen molar-refractivity contribution >= 4 is 27.6 Å². The van der Waals surface area contributed by atoms with Crippen molar-refractivity contribution < 1.29 is 9.90 Å². The highest BCUT2D eigenvalue weighted by Gasteiger charge is 2.47. The van der Waals surface area contributed by atoms with E-state index < -0.39 is 11.5 Å². The van der Waals surface area contributed by atoms with Gasteiger partial charge < -0.3 is 10.4 Å². The van der Waals surface area contributed by atoms with E-state index in [1.807, 2.05) is 0 Å². The molecule has 0 aromatic heterocycles. The molecule has 1 aromatic carbocycles. The molecule has 1 saturated carbocycles. The van der Waals surface area contributed by atoms with Crippen LogP contribution in [0, 0.1) is 17.2 Å². The first-order valence-electron chi connectivity index (χ1n) is 5.69. The van der Waals surface area contributed by atoms with Crippen molar-refractivity contribution in [2.45, 2.75) is 25.3 Å². The third-order valence-electron chi connectivity index (χ3n) is 3.36. The second-order valence-corrected chi connectivity index (χ2v) is 5.54. The zero-order valence-electron chi connectivity index (χ0n) is 9.90. The summed E-state index contributed by atoms with van der Waals surface area (Å²) in [6, 6.07) is 7.35. The summed E-state index contributed by atoms with van der Waals surface area (Å²) >= 11 is 3.29. The van der Waals surface area contributed by atoms with E-state index in [1.165, 1.54) is 0 Å². The third kappa shape index (κ3) is 2.21. The zero-order valence-corrected chi connectivity index (χ0v) is 11.5. The van der Waals surface area contributed by atoms with Crippen LogP contribution < -0.4 is 5.32 Å². The van der Waals surface area contributed by atoms with Crippen LogP contribution in [-0.4, -0.2) is 16.6 Å². The van der Waals surface area contributed by atoms with Crippen molar-refractivity contribution in [1.82, 2.24) is 0 Å². The normalized spacial score (nSPS) is 17.6. The predicted octanol–water partition coefficient (Wildman–Crippen LogP) is 2.99. The van der Waals surface area contributed by atoms with E-state index in [-0.39, 0.29) is 5.92 Å². The molecule has 0 spiro atoms. The Labute approximate surface area is 114 Å². The van der Waals surface area contributed by atoms with Gasteiger partial charge in [0.05, 0.1) is 11.3 Å². The van der Waals surface area contributed by atoms with Crippen LogP contribution in [0.2, 0.25) is 0 Å². The maximum absolute atomic E-state index is 11.4. The van der Waals surface area contributed by atoms with Crippen molar-refractivity contribution in [3.05, 3.63) is 28.2 Å².